The van der Waals surface area contributed by atoms with Crippen molar-refractivity contribution in [2.45, 2.75) is 51.6 Å². The third-order valence-electron chi connectivity index (χ3n) is 7.96. The van der Waals surface area contributed by atoms with Crippen LogP contribution in [0.1, 0.15) is 48.6 Å². The molecule has 46 heavy (non-hydrogen) atoms. The Bertz CT molecular complexity index is 1710. The quantitative estimate of drug-likeness (QED) is 0.185. The molecular formula is C38H39FN2O5. The van der Waals surface area contributed by atoms with Gasteiger partial charge in [0, 0.05) is 26.4 Å². The van der Waals surface area contributed by atoms with Gasteiger partial charge in [-0.3, -0.25) is 4.79 Å². The average Bonchev–Trinajstić information content (AvgIpc) is 3.02. The molecule has 0 saturated carbocycles. The zero-order valence-electron chi connectivity index (χ0n) is 26.5. The number of amides is 1. The van der Waals surface area contributed by atoms with Crippen LogP contribution in [0.5, 0.6) is 17.2 Å². The summed E-state index contributed by atoms with van der Waals surface area (Å²) in [6.45, 7) is 7.40. The number of hydrogen-bond donors (Lipinski definition) is 2. The normalized spacial score (nSPS) is 13.3. The van der Waals surface area contributed by atoms with Crippen LogP contribution in [0.25, 0.3) is 6.08 Å². The van der Waals surface area contributed by atoms with Gasteiger partial charge in [-0.15, -0.1) is 0 Å². The van der Waals surface area contributed by atoms with Crippen LogP contribution < -0.4 is 14.8 Å². The van der Waals surface area contributed by atoms with Gasteiger partial charge in [0.1, 0.15) is 34.8 Å². The van der Waals surface area contributed by atoms with Crippen molar-refractivity contribution in [1.82, 2.24) is 10.2 Å². The number of carbonyl (C=O) groups is 2. The number of nitrogens with one attached hydrogen (secondary N) is 1. The van der Waals surface area contributed by atoms with E-state index in [4.69, 9.17) is 9.47 Å². The van der Waals surface area contributed by atoms with Crippen LogP contribution >= 0.6 is 0 Å². The van der Waals surface area contributed by atoms with E-state index in [1.54, 1.807) is 54.4 Å². The van der Waals surface area contributed by atoms with Crippen LogP contribution in [0.2, 0.25) is 0 Å². The van der Waals surface area contributed by atoms with Gasteiger partial charge < -0.3 is 24.8 Å². The second-order valence-electron chi connectivity index (χ2n) is 12.6. The number of carbonyl (C=O) groups excluding carboxylic acids is 1. The fraction of sp³-hybridized carbons (Fsp3) is 0.263. The largest absolute Gasteiger partial charge is 0.493 e. The lowest BCUT2D eigenvalue weighted by Crippen LogP contribution is -2.45. The average molecular weight is 623 g/mol. The van der Waals surface area contributed by atoms with Gasteiger partial charge in [-0.05, 0) is 87.8 Å². The molecule has 0 spiro atoms. The molecule has 1 heterocycles. The van der Waals surface area contributed by atoms with Gasteiger partial charge >= 0.3 is 5.97 Å². The topological polar surface area (TPSA) is 88.1 Å². The van der Waals surface area contributed by atoms with Crippen molar-refractivity contribution in [1.29, 1.82) is 0 Å². The highest BCUT2D eigenvalue weighted by atomic mass is 19.1. The van der Waals surface area contributed by atoms with Crippen molar-refractivity contribution in [2.24, 2.45) is 0 Å². The van der Waals surface area contributed by atoms with E-state index >= 15 is 0 Å². The minimum Gasteiger partial charge on any atom is -0.493 e. The molecule has 2 N–H and O–H groups in total. The number of halogens is 1. The van der Waals surface area contributed by atoms with E-state index in [2.05, 4.69) is 38.2 Å². The number of fused-ring (bicyclic) bond motifs is 1. The number of carboxylic acids is 1. The van der Waals surface area contributed by atoms with Crippen molar-refractivity contribution in [2.75, 3.05) is 13.7 Å². The highest BCUT2D eigenvalue weighted by molar-refractivity contribution is 5.99. The maximum Gasteiger partial charge on any atom is 0.326 e. The van der Waals surface area contributed by atoms with Crippen LogP contribution in [0.15, 0.2) is 96.7 Å². The number of carboxylic acid groups (broad SMARTS) is 1. The van der Waals surface area contributed by atoms with Crippen molar-refractivity contribution < 1.29 is 28.6 Å². The standard InChI is InChI=1S/C38H39FN2O5/c1-38(2,3)29-10-17-32(18-11-29)46-33-16-9-27-24-41(4)35(23-28(27)22-33)36(42)40-34(37(43)44)21-26-7-14-31(15-8-26)45-20-19-25-5-12-30(39)13-6-25/h5-18,22-23,34H,19-21,24H2,1-4H3,(H,40,42)(H,43,44)/t34-/m0/s1. The summed E-state index contributed by atoms with van der Waals surface area (Å²) in [5.41, 5.74) is 5.22. The number of ether oxygens (including phenoxy) is 2. The van der Waals surface area contributed by atoms with Crippen LogP contribution in [0.3, 0.4) is 0 Å². The zero-order valence-corrected chi connectivity index (χ0v) is 26.5. The van der Waals surface area contributed by atoms with Crippen molar-refractivity contribution in [3.8, 4) is 17.2 Å². The number of benzene rings is 4. The van der Waals surface area contributed by atoms with Crippen molar-refractivity contribution in [3.63, 3.8) is 0 Å². The lowest BCUT2D eigenvalue weighted by atomic mass is 9.87. The van der Waals surface area contributed by atoms with E-state index in [9.17, 15) is 19.1 Å². The number of aliphatic carboxylic acids is 1. The Morgan fingerprint density at radius 3 is 2.17 bits per heavy atom. The summed E-state index contributed by atoms with van der Waals surface area (Å²) in [5, 5.41) is 12.6. The molecule has 4 aromatic rings. The second kappa shape index (κ2) is 13.9. The summed E-state index contributed by atoms with van der Waals surface area (Å²) >= 11 is 0. The van der Waals surface area contributed by atoms with Gasteiger partial charge in [0.2, 0.25) is 0 Å². The smallest absolute Gasteiger partial charge is 0.326 e. The fourth-order valence-electron chi connectivity index (χ4n) is 5.24. The molecule has 7 nitrogen and oxygen atoms in total. The minimum absolute atomic E-state index is 0.0469. The number of likely N-dealkylation sites (N-methyl/N-ethyl adjacent to an activating group) is 1. The van der Waals surface area contributed by atoms with Crippen LogP contribution in [0, 0.1) is 5.82 Å². The molecule has 0 fully saturated rings. The second-order valence-corrected chi connectivity index (χ2v) is 12.6. The Labute approximate surface area is 269 Å². The molecular weight excluding hydrogens is 583 g/mol. The van der Waals surface area contributed by atoms with Gasteiger partial charge in [-0.2, -0.15) is 0 Å². The predicted octanol–water partition coefficient (Wildman–Crippen LogP) is 7.14. The number of hydrogen-bond acceptors (Lipinski definition) is 5. The Hall–Kier alpha value is -5.11. The maximum atomic E-state index is 13.4. The molecule has 0 saturated heterocycles. The van der Waals surface area contributed by atoms with E-state index in [0.29, 0.717) is 36.8 Å². The molecule has 238 valence electrons. The third-order valence-corrected chi connectivity index (χ3v) is 7.96. The Kier molecular flexibility index (Phi) is 9.75. The van der Waals surface area contributed by atoms with Gasteiger partial charge in [-0.1, -0.05) is 63.2 Å². The summed E-state index contributed by atoms with van der Waals surface area (Å²) in [5.74, 6) is 0.137. The van der Waals surface area contributed by atoms with Crippen LogP contribution in [-0.2, 0) is 34.4 Å². The van der Waals surface area contributed by atoms with E-state index in [0.717, 1.165) is 28.0 Å². The summed E-state index contributed by atoms with van der Waals surface area (Å²) in [6, 6.07) is 26.1. The monoisotopic (exact) mass is 622 g/mol. The molecule has 1 atom stereocenters. The van der Waals surface area contributed by atoms with Gasteiger partial charge in [0.05, 0.1) is 6.61 Å². The molecule has 0 aromatic heterocycles. The molecule has 8 heteroatoms. The summed E-state index contributed by atoms with van der Waals surface area (Å²) < 4.78 is 25.0. The van der Waals surface area contributed by atoms with Gasteiger partial charge in [-0.25, -0.2) is 9.18 Å². The zero-order chi connectivity index (χ0) is 32.8. The summed E-state index contributed by atoms with van der Waals surface area (Å²) in [4.78, 5) is 27.3. The van der Waals surface area contributed by atoms with E-state index in [1.807, 2.05) is 30.3 Å². The summed E-state index contributed by atoms with van der Waals surface area (Å²) in [7, 11) is 1.81. The number of nitrogens with zero attached hydrogens (tertiary/aromatic N) is 1. The molecule has 0 unspecified atom stereocenters. The van der Waals surface area contributed by atoms with Crippen molar-refractivity contribution >= 4 is 18.0 Å². The molecule has 0 aliphatic carbocycles. The molecule has 4 aromatic carbocycles. The lowest BCUT2D eigenvalue weighted by molar-refractivity contribution is -0.141. The maximum absolute atomic E-state index is 13.4. The van der Waals surface area contributed by atoms with Crippen LogP contribution in [-0.4, -0.2) is 41.6 Å². The van der Waals surface area contributed by atoms with E-state index in [1.165, 1.54) is 17.7 Å². The minimum atomic E-state index is -1.13. The summed E-state index contributed by atoms with van der Waals surface area (Å²) in [6.07, 6.45) is 2.50. The van der Waals surface area contributed by atoms with Crippen LogP contribution in [0.4, 0.5) is 4.39 Å². The van der Waals surface area contributed by atoms with E-state index < -0.39 is 17.9 Å². The Morgan fingerprint density at radius 2 is 1.52 bits per heavy atom. The predicted molar refractivity (Wildman–Crippen MR) is 176 cm³/mol. The van der Waals surface area contributed by atoms with Crippen molar-refractivity contribution in [3.05, 3.63) is 130 Å². The highest BCUT2D eigenvalue weighted by Gasteiger charge is 2.26. The first-order valence-corrected chi connectivity index (χ1v) is 15.3. The highest BCUT2D eigenvalue weighted by Crippen LogP contribution is 2.31. The first kappa shape index (κ1) is 32.3. The molecule has 0 bridgehead atoms. The number of rotatable bonds is 11. The molecule has 0 radical (unpaired) electrons. The lowest BCUT2D eigenvalue weighted by Gasteiger charge is -2.28. The molecule has 5 rings (SSSR count). The SMILES string of the molecule is CN1Cc2ccc(Oc3ccc(C(C)(C)C)cc3)cc2C=C1C(=O)N[C@@H](Cc1ccc(OCCc2ccc(F)cc2)cc1)C(=O)O. The third kappa shape index (κ3) is 8.33. The van der Waals surface area contributed by atoms with E-state index in [-0.39, 0.29) is 17.7 Å². The first-order valence-electron chi connectivity index (χ1n) is 15.3. The Balaban J connectivity index is 1.21. The Morgan fingerprint density at radius 1 is 0.891 bits per heavy atom. The van der Waals surface area contributed by atoms with Gasteiger partial charge in [0.25, 0.3) is 5.91 Å². The molecule has 1 aliphatic rings. The van der Waals surface area contributed by atoms with Gasteiger partial charge in [0.15, 0.2) is 0 Å². The first-order chi connectivity index (χ1) is 21.9. The molecule has 1 amide bonds. The molecule has 1 aliphatic heterocycles. The fourth-order valence-corrected chi connectivity index (χ4v) is 5.24.